The van der Waals surface area contributed by atoms with Crippen molar-refractivity contribution in [2.75, 3.05) is 19.7 Å². The van der Waals surface area contributed by atoms with Gasteiger partial charge in [0, 0.05) is 18.9 Å². The molecule has 12 nitrogen and oxygen atoms in total. The van der Waals surface area contributed by atoms with Gasteiger partial charge in [-0.3, -0.25) is 19.2 Å². The monoisotopic (exact) mass is 685 g/mol. The van der Waals surface area contributed by atoms with Crippen LogP contribution in [0.15, 0.2) is 78.9 Å². The molecule has 7 N–H and O–H groups in total. The van der Waals surface area contributed by atoms with E-state index < -0.39 is 36.0 Å². The highest BCUT2D eigenvalue weighted by atomic mass is 16.5. The number of rotatable bonds is 20. The van der Waals surface area contributed by atoms with Crippen molar-refractivity contribution in [3.8, 4) is 11.1 Å². The number of hydrogen-bond donors (Lipinski definition) is 5. The third-order valence-corrected chi connectivity index (χ3v) is 8.60. The summed E-state index contributed by atoms with van der Waals surface area (Å²) in [7, 11) is 0. The first-order chi connectivity index (χ1) is 24.3. The maximum Gasteiger partial charge on any atom is 0.407 e. The molecule has 0 saturated heterocycles. The Labute approximate surface area is 292 Å². The van der Waals surface area contributed by atoms with Gasteiger partial charge in [0.25, 0.3) is 0 Å². The van der Waals surface area contributed by atoms with Gasteiger partial charge in [-0.05, 0) is 72.9 Å². The van der Waals surface area contributed by atoms with Crippen molar-refractivity contribution in [1.82, 2.24) is 16.0 Å². The first-order valence-electron chi connectivity index (χ1n) is 17.1. The molecule has 0 saturated carbocycles. The first-order valence-corrected chi connectivity index (χ1v) is 17.1. The smallest absolute Gasteiger partial charge is 0.407 e. The fraction of sp³-hybridized carbons (Fsp3) is 0.395. The van der Waals surface area contributed by atoms with Crippen molar-refractivity contribution in [3.63, 3.8) is 0 Å². The van der Waals surface area contributed by atoms with Crippen LogP contribution in [0.3, 0.4) is 0 Å². The zero-order valence-corrected chi connectivity index (χ0v) is 28.2. The fourth-order valence-electron chi connectivity index (χ4n) is 5.92. The van der Waals surface area contributed by atoms with Gasteiger partial charge < -0.3 is 36.9 Å². The SMILES string of the molecule is NCCCC[C@H](NC(=O)OCC1c2ccccc2-c2ccccc21)C(=O)N[C@@H](CCCCNC(=O)CCC(=O)OCc1ccccc1)C(N)=O. The summed E-state index contributed by atoms with van der Waals surface area (Å²) < 4.78 is 10.8. The van der Waals surface area contributed by atoms with Gasteiger partial charge in [0.05, 0.1) is 6.42 Å². The van der Waals surface area contributed by atoms with Gasteiger partial charge >= 0.3 is 12.1 Å². The van der Waals surface area contributed by atoms with E-state index in [1.807, 2.05) is 78.9 Å². The number of carbonyl (C=O) groups is 5. The molecule has 0 aromatic heterocycles. The van der Waals surface area contributed by atoms with Gasteiger partial charge in [0.15, 0.2) is 0 Å². The van der Waals surface area contributed by atoms with Crippen molar-refractivity contribution in [2.45, 2.75) is 76.0 Å². The van der Waals surface area contributed by atoms with Gasteiger partial charge in [-0.2, -0.15) is 0 Å². The van der Waals surface area contributed by atoms with E-state index in [1.165, 1.54) is 0 Å². The van der Waals surface area contributed by atoms with Crippen LogP contribution in [0, 0.1) is 0 Å². The second-order valence-corrected chi connectivity index (χ2v) is 12.3. The highest BCUT2D eigenvalue weighted by Gasteiger charge is 2.30. The molecule has 0 radical (unpaired) electrons. The van der Waals surface area contributed by atoms with E-state index in [1.54, 1.807) is 0 Å². The molecule has 50 heavy (non-hydrogen) atoms. The molecule has 4 rings (SSSR count). The number of alkyl carbamates (subject to hydrolysis) is 1. The number of nitrogens with two attached hydrogens (primary N) is 2. The summed E-state index contributed by atoms with van der Waals surface area (Å²) in [4.78, 5) is 62.6. The summed E-state index contributed by atoms with van der Waals surface area (Å²) >= 11 is 0. The lowest BCUT2D eigenvalue weighted by Gasteiger charge is -2.22. The van der Waals surface area contributed by atoms with E-state index in [2.05, 4.69) is 16.0 Å². The van der Waals surface area contributed by atoms with Crippen LogP contribution in [0.25, 0.3) is 11.1 Å². The molecule has 266 valence electrons. The minimum atomic E-state index is -0.973. The Morgan fingerprint density at radius 1 is 0.700 bits per heavy atom. The van der Waals surface area contributed by atoms with Gasteiger partial charge in [0.2, 0.25) is 17.7 Å². The molecular weight excluding hydrogens is 638 g/mol. The Hall–Kier alpha value is -5.23. The Morgan fingerprint density at radius 3 is 1.98 bits per heavy atom. The number of amides is 4. The molecule has 0 unspecified atom stereocenters. The Kier molecular flexibility index (Phi) is 14.8. The molecule has 4 amide bonds. The minimum Gasteiger partial charge on any atom is -0.461 e. The summed E-state index contributed by atoms with van der Waals surface area (Å²) in [5.74, 6) is -2.15. The third-order valence-electron chi connectivity index (χ3n) is 8.60. The zero-order valence-electron chi connectivity index (χ0n) is 28.2. The van der Waals surface area contributed by atoms with Crippen molar-refractivity contribution < 1.29 is 33.4 Å². The van der Waals surface area contributed by atoms with Crippen LogP contribution in [0.2, 0.25) is 0 Å². The molecule has 2 atom stereocenters. The van der Waals surface area contributed by atoms with Gasteiger partial charge in [0.1, 0.15) is 25.3 Å². The average molecular weight is 686 g/mol. The predicted octanol–water partition coefficient (Wildman–Crippen LogP) is 3.80. The van der Waals surface area contributed by atoms with Crippen LogP contribution < -0.4 is 27.4 Å². The molecule has 3 aromatic rings. The fourth-order valence-corrected chi connectivity index (χ4v) is 5.92. The first kappa shape index (κ1) is 37.6. The van der Waals surface area contributed by atoms with Gasteiger partial charge in [-0.25, -0.2) is 4.79 Å². The summed E-state index contributed by atoms with van der Waals surface area (Å²) in [6, 6.07) is 23.3. The molecule has 3 aromatic carbocycles. The van der Waals surface area contributed by atoms with Crippen LogP contribution in [-0.2, 0) is 35.3 Å². The summed E-state index contributed by atoms with van der Waals surface area (Å²) in [6.07, 6.45) is 1.97. The largest absolute Gasteiger partial charge is 0.461 e. The van der Waals surface area contributed by atoms with Gasteiger partial charge in [-0.15, -0.1) is 0 Å². The molecule has 0 heterocycles. The quantitative estimate of drug-likeness (QED) is 0.0876. The van der Waals surface area contributed by atoms with Crippen molar-refractivity contribution in [3.05, 3.63) is 95.6 Å². The third kappa shape index (κ3) is 11.4. The molecule has 0 bridgehead atoms. The van der Waals surface area contributed by atoms with Crippen molar-refractivity contribution in [2.24, 2.45) is 11.5 Å². The van der Waals surface area contributed by atoms with Crippen molar-refractivity contribution >= 4 is 29.8 Å². The van der Waals surface area contributed by atoms with Gasteiger partial charge in [-0.1, -0.05) is 78.9 Å². The lowest BCUT2D eigenvalue weighted by molar-refractivity contribution is -0.146. The number of ether oxygens (including phenoxy) is 2. The normalized spacial score (nSPS) is 12.9. The lowest BCUT2D eigenvalue weighted by Crippen LogP contribution is -2.53. The molecule has 12 heteroatoms. The number of primary amides is 1. The number of carbonyl (C=O) groups excluding carboxylic acids is 5. The standard InChI is InChI=1S/C38H47N5O7/c39-22-10-8-19-33(43-38(48)50-25-31-29-16-6-4-14-27(29)28-15-5-7-17-30(28)31)37(47)42-32(36(40)46)18-9-11-23-41-34(44)20-21-35(45)49-24-26-12-2-1-3-13-26/h1-7,12-17,31-33H,8-11,18-25,39H2,(H2,40,46)(H,41,44)(H,42,47)(H,43,48)/t32-,33-/m0/s1. The van der Waals surface area contributed by atoms with E-state index in [9.17, 15) is 24.0 Å². The minimum absolute atomic E-state index is 0.00416. The van der Waals surface area contributed by atoms with E-state index in [0.29, 0.717) is 45.2 Å². The molecule has 0 aliphatic heterocycles. The maximum absolute atomic E-state index is 13.3. The second kappa shape index (κ2) is 19.7. The highest BCUT2D eigenvalue weighted by molar-refractivity contribution is 5.90. The molecule has 0 spiro atoms. The summed E-state index contributed by atoms with van der Waals surface area (Å²) in [5.41, 5.74) is 16.5. The number of fused-ring (bicyclic) bond motifs is 3. The Bertz CT molecular complexity index is 1550. The van der Waals surface area contributed by atoms with E-state index >= 15 is 0 Å². The molecule has 1 aliphatic rings. The number of esters is 1. The Morgan fingerprint density at radius 2 is 1.32 bits per heavy atom. The highest BCUT2D eigenvalue weighted by Crippen LogP contribution is 2.44. The van der Waals surface area contributed by atoms with Crippen LogP contribution in [0.1, 0.15) is 74.0 Å². The molecule has 1 aliphatic carbocycles. The van der Waals surface area contributed by atoms with Crippen LogP contribution in [-0.4, -0.2) is 61.6 Å². The zero-order chi connectivity index (χ0) is 35.7. The second-order valence-electron chi connectivity index (χ2n) is 12.3. The lowest BCUT2D eigenvalue weighted by atomic mass is 9.98. The maximum atomic E-state index is 13.3. The average Bonchev–Trinajstić information content (AvgIpc) is 3.45. The van der Waals surface area contributed by atoms with E-state index in [4.69, 9.17) is 20.9 Å². The number of benzene rings is 3. The number of nitrogens with one attached hydrogen (secondary N) is 3. The van der Waals surface area contributed by atoms with Crippen molar-refractivity contribution in [1.29, 1.82) is 0 Å². The summed E-state index contributed by atoms with van der Waals surface area (Å²) in [5, 5.41) is 8.09. The number of unbranched alkanes of at least 4 members (excludes halogenated alkanes) is 2. The topological polar surface area (TPSA) is 192 Å². The van der Waals surface area contributed by atoms with E-state index in [0.717, 1.165) is 27.8 Å². The van der Waals surface area contributed by atoms with E-state index in [-0.39, 0.29) is 44.3 Å². The molecule has 0 fully saturated rings. The number of hydrogen-bond acceptors (Lipinski definition) is 8. The van der Waals surface area contributed by atoms with Crippen LogP contribution >= 0.6 is 0 Å². The predicted molar refractivity (Wildman–Crippen MR) is 188 cm³/mol. The van der Waals surface area contributed by atoms with Crippen LogP contribution in [0.4, 0.5) is 4.79 Å². The Balaban J connectivity index is 1.19. The molecular formula is C38H47N5O7. The summed E-state index contributed by atoms with van der Waals surface area (Å²) in [6.45, 7) is 0.995. The van der Waals surface area contributed by atoms with Crippen LogP contribution in [0.5, 0.6) is 0 Å².